The van der Waals surface area contributed by atoms with E-state index in [-0.39, 0.29) is 16.9 Å². The predicted molar refractivity (Wildman–Crippen MR) is 70.1 cm³/mol. The van der Waals surface area contributed by atoms with Crippen molar-refractivity contribution in [3.8, 4) is 0 Å². The van der Waals surface area contributed by atoms with Crippen LogP contribution >= 0.6 is 11.6 Å². The lowest BCUT2D eigenvalue weighted by atomic mass is 10.2. The lowest BCUT2D eigenvalue weighted by Crippen LogP contribution is -2.32. The maximum absolute atomic E-state index is 12.2. The van der Waals surface area contributed by atoms with Crippen molar-refractivity contribution in [2.75, 3.05) is 18.8 Å². The van der Waals surface area contributed by atoms with Crippen molar-refractivity contribution in [3.63, 3.8) is 0 Å². The summed E-state index contributed by atoms with van der Waals surface area (Å²) in [5, 5.41) is 0.251. The van der Waals surface area contributed by atoms with Gasteiger partial charge in [-0.3, -0.25) is 4.79 Å². The van der Waals surface area contributed by atoms with Crippen molar-refractivity contribution in [1.29, 1.82) is 0 Å². The molecule has 0 radical (unpaired) electrons. The number of nitrogen functional groups attached to an aromatic ring is 1. The molecule has 0 atom stereocenters. The Balaban J connectivity index is 2.92. The standard InChI is InChI=1S/C12H18ClN3O/c1-3-5-16(6-4-2)12(17)9-7-10(13)15-11(14)8-9/h7-8H,3-6H2,1-2H3,(H2,14,15). The molecule has 0 spiro atoms. The summed E-state index contributed by atoms with van der Waals surface area (Å²) in [5.41, 5.74) is 6.08. The number of carbonyl (C=O) groups excluding carboxylic acids is 1. The first-order chi connectivity index (χ1) is 8.08. The Labute approximate surface area is 107 Å². The highest BCUT2D eigenvalue weighted by atomic mass is 35.5. The quantitative estimate of drug-likeness (QED) is 0.823. The van der Waals surface area contributed by atoms with Crippen LogP contribution in [0.25, 0.3) is 0 Å². The molecular formula is C12H18ClN3O. The van der Waals surface area contributed by atoms with Gasteiger partial charge in [0.15, 0.2) is 0 Å². The third-order valence-electron chi connectivity index (χ3n) is 2.34. The van der Waals surface area contributed by atoms with Crippen LogP contribution in [0.15, 0.2) is 12.1 Å². The second kappa shape index (κ2) is 6.45. The number of halogens is 1. The topological polar surface area (TPSA) is 59.2 Å². The minimum Gasteiger partial charge on any atom is -0.384 e. The molecule has 0 aliphatic rings. The molecule has 94 valence electrons. The zero-order valence-electron chi connectivity index (χ0n) is 10.2. The highest BCUT2D eigenvalue weighted by Crippen LogP contribution is 2.14. The molecular weight excluding hydrogens is 238 g/mol. The van der Waals surface area contributed by atoms with Gasteiger partial charge >= 0.3 is 0 Å². The number of rotatable bonds is 5. The first-order valence-electron chi connectivity index (χ1n) is 5.80. The van der Waals surface area contributed by atoms with Crippen LogP contribution in [0, 0.1) is 0 Å². The number of aromatic nitrogens is 1. The number of hydrogen-bond donors (Lipinski definition) is 1. The van der Waals surface area contributed by atoms with E-state index in [9.17, 15) is 4.79 Å². The van der Waals surface area contributed by atoms with E-state index < -0.39 is 0 Å². The minimum atomic E-state index is -0.0373. The maximum Gasteiger partial charge on any atom is 0.254 e. The summed E-state index contributed by atoms with van der Waals surface area (Å²) in [6.07, 6.45) is 1.86. The van der Waals surface area contributed by atoms with E-state index in [1.54, 1.807) is 12.1 Å². The Morgan fingerprint density at radius 2 is 1.94 bits per heavy atom. The summed E-state index contributed by atoms with van der Waals surface area (Å²) in [7, 11) is 0. The van der Waals surface area contributed by atoms with Crippen LogP contribution in [-0.4, -0.2) is 28.9 Å². The summed E-state index contributed by atoms with van der Waals surface area (Å²) in [5.74, 6) is 0.235. The Kier molecular flexibility index (Phi) is 5.22. The van der Waals surface area contributed by atoms with Gasteiger partial charge in [0.05, 0.1) is 0 Å². The molecule has 17 heavy (non-hydrogen) atoms. The van der Waals surface area contributed by atoms with Crippen molar-refractivity contribution < 1.29 is 4.79 Å². The summed E-state index contributed by atoms with van der Waals surface area (Å²) >= 11 is 5.79. The fourth-order valence-corrected chi connectivity index (χ4v) is 1.89. The van der Waals surface area contributed by atoms with Crippen molar-refractivity contribution in [3.05, 3.63) is 22.8 Å². The van der Waals surface area contributed by atoms with Gasteiger partial charge in [-0.1, -0.05) is 25.4 Å². The number of hydrogen-bond acceptors (Lipinski definition) is 3. The van der Waals surface area contributed by atoms with Crippen molar-refractivity contribution in [2.24, 2.45) is 0 Å². The largest absolute Gasteiger partial charge is 0.384 e. The summed E-state index contributed by atoms with van der Waals surface area (Å²) < 4.78 is 0. The van der Waals surface area contributed by atoms with Crippen LogP contribution < -0.4 is 5.73 Å². The van der Waals surface area contributed by atoms with Gasteiger partial charge < -0.3 is 10.6 Å². The normalized spacial score (nSPS) is 10.3. The lowest BCUT2D eigenvalue weighted by Gasteiger charge is -2.21. The van der Waals surface area contributed by atoms with Gasteiger partial charge in [-0.25, -0.2) is 4.98 Å². The third kappa shape index (κ3) is 3.89. The molecule has 1 rings (SSSR count). The van der Waals surface area contributed by atoms with Gasteiger partial charge in [0, 0.05) is 18.7 Å². The number of nitrogens with zero attached hydrogens (tertiary/aromatic N) is 2. The molecule has 1 heterocycles. The Morgan fingerprint density at radius 1 is 1.35 bits per heavy atom. The highest BCUT2D eigenvalue weighted by Gasteiger charge is 2.15. The number of nitrogens with two attached hydrogens (primary N) is 1. The second-order valence-corrected chi connectivity index (χ2v) is 4.28. The number of amides is 1. The number of pyridine rings is 1. The van der Waals surface area contributed by atoms with Gasteiger partial charge in [0.2, 0.25) is 0 Å². The molecule has 0 unspecified atom stereocenters. The Morgan fingerprint density at radius 3 is 2.41 bits per heavy atom. The molecule has 0 aliphatic heterocycles. The van der Waals surface area contributed by atoms with Crippen LogP contribution in [0.3, 0.4) is 0 Å². The fraction of sp³-hybridized carbons (Fsp3) is 0.500. The first kappa shape index (κ1) is 13.8. The third-order valence-corrected chi connectivity index (χ3v) is 2.53. The average molecular weight is 256 g/mol. The molecule has 4 nitrogen and oxygen atoms in total. The molecule has 0 saturated carbocycles. The van der Waals surface area contributed by atoms with E-state index in [0.717, 1.165) is 25.9 Å². The first-order valence-corrected chi connectivity index (χ1v) is 6.18. The molecule has 0 aliphatic carbocycles. The second-order valence-electron chi connectivity index (χ2n) is 3.90. The van der Waals surface area contributed by atoms with Crippen molar-refractivity contribution in [2.45, 2.75) is 26.7 Å². The van der Waals surface area contributed by atoms with Gasteiger partial charge in [-0.2, -0.15) is 0 Å². The molecule has 1 aromatic rings. The molecule has 0 fully saturated rings. The van der Waals surface area contributed by atoms with E-state index in [1.165, 1.54) is 0 Å². The van der Waals surface area contributed by atoms with Gasteiger partial charge in [-0.05, 0) is 25.0 Å². The summed E-state index contributed by atoms with van der Waals surface area (Å²) in [6, 6.07) is 3.12. The molecule has 0 aromatic carbocycles. The average Bonchev–Trinajstić information content (AvgIpc) is 2.26. The fourth-order valence-electron chi connectivity index (χ4n) is 1.68. The Hall–Kier alpha value is -1.29. The summed E-state index contributed by atoms with van der Waals surface area (Å²) in [6.45, 7) is 5.58. The van der Waals surface area contributed by atoms with E-state index in [1.807, 2.05) is 18.7 Å². The minimum absolute atomic E-state index is 0.0373. The molecule has 1 amide bonds. The number of anilines is 1. The van der Waals surface area contributed by atoms with Crippen molar-refractivity contribution >= 4 is 23.3 Å². The van der Waals surface area contributed by atoms with E-state index in [4.69, 9.17) is 17.3 Å². The molecule has 0 saturated heterocycles. The molecule has 5 heteroatoms. The monoisotopic (exact) mass is 255 g/mol. The SMILES string of the molecule is CCCN(CCC)C(=O)c1cc(N)nc(Cl)c1. The predicted octanol–water partition coefficient (Wildman–Crippen LogP) is 2.58. The van der Waals surface area contributed by atoms with E-state index in [0.29, 0.717) is 5.56 Å². The van der Waals surface area contributed by atoms with Gasteiger partial charge in [0.1, 0.15) is 11.0 Å². The van der Waals surface area contributed by atoms with Crippen LogP contribution in [0.2, 0.25) is 5.15 Å². The van der Waals surface area contributed by atoms with Gasteiger partial charge in [0.25, 0.3) is 5.91 Å². The maximum atomic E-state index is 12.2. The highest BCUT2D eigenvalue weighted by molar-refractivity contribution is 6.29. The van der Waals surface area contributed by atoms with Crippen LogP contribution in [0.4, 0.5) is 5.82 Å². The smallest absolute Gasteiger partial charge is 0.254 e. The van der Waals surface area contributed by atoms with Gasteiger partial charge in [-0.15, -0.1) is 0 Å². The molecule has 1 aromatic heterocycles. The zero-order valence-corrected chi connectivity index (χ0v) is 11.0. The molecule has 0 bridgehead atoms. The van der Waals surface area contributed by atoms with E-state index in [2.05, 4.69) is 4.98 Å². The Bertz CT molecular complexity index is 369. The lowest BCUT2D eigenvalue weighted by molar-refractivity contribution is 0.0755. The zero-order chi connectivity index (χ0) is 12.8. The molecule has 2 N–H and O–H groups in total. The van der Waals surface area contributed by atoms with Crippen LogP contribution in [-0.2, 0) is 0 Å². The van der Waals surface area contributed by atoms with Crippen molar-refractivity contribution in [1.82, 2.24) is 9.88 Å². The summed E-state index contributed by atoms with van der Waals surface area (Å²) in [4.78, 5) is 17.9. The number of carbonyl (C=O) groups is 1. The van der Waals surface area contributed by atoms with Crippen LogP contribution in [0.1, 0.15) is 37.0 Å². The van der Waals surface area contributed by atoms with Crippen LogP contribution in [0.5, 0.6) is 0 Å². The van der Waals surface area contributed by atoms with E-state index >= 15 is 0 Å².